The number of hydrogen-bond donors (Lipinski definition) is 2. The number of halogens is 5. The third-order valence-electron chi connectivity index (χ3n) is 3.75. The number of carbonyl (C=O) groups is 1. The van der Waals surface area contributed by atoms with Crippen molar-refractivity contribution >= 4 is 50.5 Å². The van der Waals surface area contributed by atoms with Crippen LogP contribution in [0.25, 0.3) is 0 Å². The summed E-state index contributed by atoms with van der Waals surface area (Å²) in [5.74, 6) is -2.64. The molecule has 1 heterocycles. The highest BCUT2D eigenvalue weighted by atomic mass is 35.5. The molecule has 0 radical (unpaired) electrons. The van der Waals surface area contributed by atoms with Crippen LogP contribution in [0.15, 0.2) is 40.3 Å². The van der Waals surface area contributed by atoms with E-state index in [9.17, 15) is 41.6 Å². The van der Waals surface area contributed by atoms with Gasteiger partial charge in [0, 0.05) is 12.1 Å². The number of sulfone groups is 1. The van der Waals surface area contributed by atoms with E-state index in [0.717, 1.165) is 30.3 Å². The number of alkyl halides is 3. The van der Waals surface area contributed by atoms with Crippen LogP contribution in [0.3, 0.4) is 0 Å². The normalized spacial score (nSPS) is 14.1. The number of nitrogens with one attached hydrogen (secondary N) is 1. The zero-order valence-corrected chi connectivity index (χ0v) is 16.9. The Morgan fingerprint density at radius 2 is 1.80 bits per heavy atom. The van der Waals surface area contributed by atoms with Crippen LogP contribution >= 0.6 is 23.2 Å². The summed E-state index contributed by atoms with van der Waals surface area (Å²) in [6.45, 7) is 0.213. The fourth-order valence-corrected chi connectivity index (χ4v) is 4.00. The van der Waals surface area contributed by atoms with Gasteiger partial charge in [0.05, 0.1) is 20.6 Å². The summed E-state index contributed by atoms with van der Waals surface area (Å²) in [5, 5.41) is 19.8. The summed E-state index contributed by atoms with van der Waals surface area (Å²) in [5.41, 5.74) is -4.28. The molecule has 1 unspecified atom stereocenters. The van der Waals surface area contributed by atoms with Gasteiger partial charge < -0.3 is 20.5 Å². The SMILES string of the molecule is CC(O)(C(=O)Nc1ccc(S(=O)(=O)c2cccc([N+](=O)[O-])n2)c(Cl)c1Cl)C(F)(F)F. The predicted molar refractivity (Wildman–Crippen MR) is 98.1 cm³/mol. The molecule has 0 fully saturated rings. The van der Waals surface area contributed by atoms with Gasteiger partial charge in [-0.2, -0.15) is 13.2 Å². The minimum Gasteiger partial charge on any atom is -0.373 e. The van der Waals surface area contributed by atoms with Crippen LogP contribution in [0.4, 0.5) is 24.7 Å². The van der Waals surface area contributed by atoms with Crippen LogP contribution in [0.2, 0.25) is 10.0 Å². The zero-order chi connectivity index (χ0) is 23.1. The maximum atomic E-state index is 12.8. The topological polar surface area (TPSA) is 140 Å². The summed E-state index contributed by atoms with van der Waals surface area (Å²) in [7, 11) is -4.52. The number of nitro groups is 1. The highest BCUT2D eigenvalue weighted by molar-refractivity contribution is 7.91. The number of hydrogen-bond acceptors (Lipinski definition) is 7. The monoisotopic (exact) mass is 487 g/mol. The second kappa shape index (κ2) is 7.98. The molecule has 9 nitrogen and oxygen atoms in total. The predicted octanol–water partition coefficient (Wildman–Crippen LogP) is 3.38. The van der Waals surface area contributed by atoms with Gasteiger partial charge in [0.2, 0.25) is 15.4 Å². The Bertz CT molecular complexity index is 1140. The number of amides is 1. The molecule has 0 saturated carbocycles. The molecule has 0 bridgehead atoms. The van der Waals surface area contributed by atoms with E-state index < -0.39 is 63.9 Å². The first-order valence-electron chi connectivity index (χ1n) is 7.55. The van der Waals surface area contributed by atoms with Crippen molar-refractivity contribution in [2.45, 2.75) is 28.6 Å². The van der Waals surface area contributed by atoms with Gasteiger partial charge in [-0.3, -0.25) is 4.79 Å². The second-order valence-electron chi connectivity index (χ2n) is 5.86. The van der Waals surface area contributed by atoms with Crippen molar-refractivity contribution in [2.24, 2.45) is 0 Å². The van der Waals surface area contributed by atoms with Gasteiger partial charge >= 0.3 is 12.0 Å². The van der Waals surface area contributed by atoms with Crippen molar-refractivity contribution in [3.8, 4) is 0 Å². The van der Waals surface area contributed by atoms with E-state index in [2.05, 4.69) is 4.98 Å². The van der Waals surface area contributed by atoms with Crippen LogP contribution in [0.1, 0.15) is 6.92 Å². The minimum absolute atomic E-state index is 0.213. The van der Waals surface area contributed by atoms with Crippen LogP contribution in [-0.2, 0) is 14.6 Å². The molecule has 0 aliphatic heterocycles. The van der Waals surface area contributed by atoms with Gasteiger partial charge in [-0.25, -0.2) is 8.42 Å². The molecule has 2 rings (SSSR count). The number of aromatic nitrogens is 1. The van der Waals surface area contributed by atoms with Crippen molar-refractivity contribution < 1.29 is 36.4 Å². The Balaban J connectivity index is 2.47. The number of anilines is 1. The van der Waals surface area contributed by atoms with Crippen LogP contribution in [0, 0.1) is 10.1 Å². The number of nitrogens with zero attached hydrogens (tertiary/aromatic N) is 2. The highest BCUT2D eigenvalue weighted by Gasteiger charge is 2.55. The third kappa shape index (κ3) is 4.33. The molecular formula is C15H10Cl2F3N3O6S. The lowest BCUT2D eigenvalue weighted by Gasteiger charge is -2.25. The number of carbonyl (C=O) groups excluding carboxylic acids is 1. The summed E-state index contributed by atoms with van der Waals surface area (Å²) < 4.78 is 63.7. The van der Waals surface area contributed by atoms with Gasteiger partial charge in [0.15, 0.2) is 0 Å². The van der Waals surface area contributed by atoms with Crippen molar-refractivity contribution in [1.29, 1.82) is 0 Å². The molecule has 0 aliphatic rings. The number of aliphatic hydroxyl groups is 1. The van der Waals surface area contributed by atoms with Gasteiger partial charge in [0.1, 0.15) is 0 Å². The molecule has 1 amide bonds. The minimum atomic E-state index is -5.30. The standard InChI is InChI=1S/C15H10Cl2F3N3O6S/c1-14(25,15(18,19)20)13(24)21-7-5-6-8(12(17)11(7)16)30(28,29)10-4-2-3-9(22-10)23(26)27/h2-6,25H,1H3,(H,21,24). The van der Waals surface area contributed by atoms with E-state index in [1.54, 1.807) is 5.32 Å². The molecule has 162 valence electrons. The maximum absolute atomic E-state index is 12.8. The van der Waals surface area contributed by atoms with E-state index in [1.165, 1.54) is 0 Å². The van der Waals surface area contributed by atoms with Crippen molar-refractivity contribution in [3.05, 3.63) is 50.5 Å². The fraction of sp³-hybridized carbons (Fsp3) is 0.200. The number of rotatable bonds is 5. The van der Waals surface area contributed by atoms with E-state index >= 15 is 0 Å². The van der Waals surface area contributed by atoms with Crippen LogP contribution < -0.4 is 5.32 Å². The highest BCUT2D eigenvalue weighted by Crippen LogP contribution is 2.38. The summed E-state index contributed by atoms with van der Waals surface area (Å²) in [4.78, 5) is 24.4. The van der Waals surface area contributed by atoms with Gasteiger partial charge in [0.25, 0.3) is 10.9 Å². The second-order valence-corrected chi connectivity index (χ2v) is 8.48. The van der Waals surface area contributed by atoms with Gasteiger partial charge in [-0.15, -0.1) is 0 Å². The zero-order valence-electron chi connectivity index (χ0n) is 14.6. The van der Waals surface area contributed by atoms with E-state index in [-0.39, 0.29) is 6.92 Å². The maximum Gasteiger partial charge on any atom is 0.426 e. The molecule has 1 aromatic heterocycles. The molecule has 2 aromatic rings. The Hall–Kier alpha value is -2.48. The first kappa shape index (κ1) is 23.8. The van der Waals surface area contributed by atoms with Crippen molar-refractivity contribution in [3.63, 3.8) is 0 Å². The lowest BCUT2D eigenvalue weighted by molar-refractivity contribution is -0.390. The first-order chi connectivity index (χ1) is 13.6. The van der Waals surface area contributed by atoms with Gasteiger partial charge in [-0.05, 0) is 35.0 Å². The van der Waals surface area contributed by atoms with Crippen LogP contribution in [-0.4, -0.2) is 41.1 Å². The lowest BCUT2D eigenvalue weighted by Crippen LogP contribution is -2.52. The van der Waals surface area contributed by atoms with E-state index in [4.69, 9.17) is 23.2 Å². The average Bonchev–Trinajstić information content (AvgIpc) is 2.64. The summed E-state index contributed by atoms with van der Waals surface area (Å²) in [6.07, 6.45) is -5.30. The van der Waals surface area contributed by atoms with Gasteiger partial charge in [-0.1, -0.05) is 23.2 Å². The molecule has 1 atom stereocenters. The molecule has 1 aromatic carbocycles. The third-order valence-corrected chi connectivity index (χ3v) is 6.44. The molecular weight excluding hydrogens is 478 g/mol. The smallest absolute Gasteiger partial charge is 0.373 e. The van der Waals surface area contributed by atoms with Crippen molar-refractivity contribution in [1.82, 2.24) is 4.98 Å². The molecule has 0 aliphatic carbocycles. The van der Waals surface area contributed by atoms with E-state index in [1.807, 2.05) is 0 Å². The Morgan fingerprint density at radius 3 is 2.33 bits per heavy atom. The molecule has 30 heavy (non-hydrogen) atoms. The average molecular weight is 488 g/mol. The molecule has 0 spiro atoms. The quantitative estimate of drug-likeness (QED) is 0.486. The van der Waals surface area contributed by atoms with Crippen molar-refractivity contribution in [2.75, 3.05) is 5.32 Å². The Labute approximate surface area is 176 Å². The lowest BCUT2D eigenvalue weighted by atomic mass is 10.1. The first-order valence-corrected chi connectivity index (χ1v) is 9.79. The molecule has 0 saturated heterocycles. The Kier molecular flexibility index (Phi) is 6.33. The molecule has 15 heteroatoms. The number of pyridine rings is 1. The summed E-state index contributed by atoms with van der Waals surface area (Å²) >= 11 is 11.8. The molecule has 2 N–H and O–H groups in total. The summed E-state index contributed by atoms with van der Waals surface area (Å²) in [6, 6.07) is 4.63. The largest absolute Gasteiger partial charge is 0.426 e. The van der Waals surface area contributed by atoms with E-state index in [0.29, 0.717) is 0 Å². The Morgan fingerprint density at radius 1 is 1.20 bits per heavy atom. The van der Waals surface area contributed by atoms with Crippen LogP contribution in [0.5, 0.6) is 0 Å². The fourth-order valence-electron chi connectivity index (χ4n) is 1.98. The number of benzene rings is 1.